The first kappa shape index (κ1) is 13.6. The molecule has 0 atom stereocenters. The molecule has 1 rings (SSSR count). The first-order chi connectivity index (χ1) is 8.13. The van der Waals surface area contributed by atoms with Crippen LogP contribution >= 0.6 is 0 Å². The van der Waals surface area contributed by atoms with Crippen molar-refractivity contribution < 1.29 is 18.3 Å². The first-order valence-electron chi connectivity index (χ1n) is 5.71. The number of ether oxygens (including phenoxy) is 1. The van der Waals surface area contributed by atoms with Crippen LogP contribution in [0.25, 0.3) is 0 Å². The summed E-state index contributed by atoms with van der Waals surface area (Å²) in [5.74, 6) is -0.000456. The van der Waals surface area contributed by atoms with Gasteiger partial charge in [0.1, 0.15) is 5.75 Å². The largest absolute Gasteiger partial charge is 0.435 e. The maximum atomic E-state index is 12.0. The van der Waals surface area contributed by atoms with E-state index in [1.165, 1.54) is 12.1 Å². The molecule has 17 heavy (non-hydrogen) atoms. The fourth-order valence-electron chi connectivity index (χ4n) is 1.53. The van der Waals surface area contributed by atoms with Gasteiger partial charge in [0.25, 0.3) is 0 Å². The van der Waals surface area contributed by atoms with Crippen LogP contribution in [0.4, 0.5) is 8.78 Å². The minimum absolute atomic E-state index is 0.0290. The maximum absolute atomic E-state index is 12.0. The number of carbonyl (C=O) groups is 1. The van der Waals surface area contributed by atoms with Gasteiger partial charge in [-0.05, 0) is 18.6 Å². The molecule has 94 valence electrons. The minimum Gasteiger partial charge on any atom is -0.435 e. The van der Waals surface area contributed by atoms with Gasteiger partial charge in [-0.25, -0.2) is 0 Å². The van der Waals surface area contributed by atoms with Gasteiger partial charge in [0.2, 0.25) is 0 Å². The third-order valence-electron chi connectivity index (χ3n) is 2.39. The molecule has 0 bridgehead atoms. The molecule has 0 saturated heterocycles. The van der Waals surface area contributed by atoms with E-state index in [2.05, 4.69) is 11.7 Å². The van der Waals surface area contributed by atoms with E-state index >= 15 is 0 Å². The van der Waals surface area contributed by atoms with Gasteiger partial charge in [0.15, 0.2) is 5.78 Å². The fraction of sp³-hybridized carbons (Fsp3) is 0.462. The zero-order valence-electron chi connectivity index (χ0n) is 9.79. The Hall–Kier alpha value is -1.45. The normalized spacial score (nSPS) is 10.6. The average Bonchev–Trinajstić information content (AvgIpc) is 2.28. The SMILES string of the molecule is CCCCCC(=O)c1cccc(OC(F)F)c1. The van der Waals surface area contributed by atoms with Crippen LogP contribution in [0.15, 0.2) is 24.3 Å². The molecule has 0 heterocycles. The summed E-state index contributed by atoms with van der Waals surface area (Å²) in [6.45, 7) is -0.804. The van der Waals surface area contributed by atoms with E-state index < -0.39 is 6.61 Å². The zero-order valence-corrected chi connectivity index (χ0v) is 9.79. The number of Topliss-reactive ketones (excluding diaryl/α,β-unsaturated/α-hetero) is 1. The van der Waals surface area contributed by atoms with Gasteiger partial charge < -0.3 is 4.74 Å². The summed E-state index contributed by atoms with van der Waals surface area (Å²) >= 11 is 0. The zero-order chi connectivity index (χ0) is 12.7. The van der Waals surface area contributed by atoms with Crippen molar-refractivity contribution in [1.29, 1.82) is 0 Å². The van der Waals surface area contributed by atoms with E-state index in [1.54, 1.807) is 12.1 Å². The van der Waals surface area contributed by atoms with Crippen LogP contribution in [0.5, 0.6) is 5.75 Å². The number of halogens is 2. The van der Waals surface area contributed by atoms with Gasteiger partial charge in [-0.1, -0.05) is 31.9 Å². The number of ketones is 1. The lowest BCUT2D eigenvalue weighted by Crippen LogP contribution is -2.04. The molecule has 0 aliphatic heterocycles. The summed E-state index contributed by atoms with van der Waals surface area (Å²) in [5.41, 5.74) is 0.430. The van der Waals surface area contributed by atoms with E-state index in [9.17, 15) is 13.6 Å². The van der Waals surface area contributed by atoms with E-state index in [-0.39, 0.29) is 11.5 Å². The monoisotopic (exact) mass is 242 g/mol. The number of alkyl halides is 2. The molecule has 0 aliphatic carbocycles. The van der Waals surface area contributed by atoms with E-state index in [0.717, 1.165) is 19.3 Å². The molecular formula is C13H16F2O2. The average molecular weight is 242 g/mol. The van der Waals surface area contributed by atoms with Crippen LogP contribution in [0.3, 0.4) is 0 Å². The number of unbranched alkanes of at least 4 members (excludes halogenated alkanes) is 2. The topological polar surface area (TPSA) is 26.3 Å². The Kier molecular flexibility index (Phi) is 5.60. The third kappa shape index (κ3) is 4.93. The molecule has 0 amide bonds. The van der Waals surface area contributed by atoms with Crippen LogP contribution in [-0.2, 0) is 0 Å². The van der Waals surface area contributed by atoms with Crippen LogP contribution in [-0.4, -0.2) is 12.4 Å². The number of hydrogen-bond acceptors (Lipinski definition) is 2. The number of rotatable bonds is 7. The predicted octanol–water partition coefficient (Wildman–Crippen LogP) is 4.05. The van der Waals surface area contributed by atoms with Crippen molar-refractivity contribution in [3.63, 3.8) is 0 Å². The Morgan fingerprint density at radius 3 is 2.76 bits per heavy atom. The second-order valence-corrected chi connectivity index (χ2v) is 3.79. The molecule has 1 aromatic carbocycles. The maximum Gasteiger partial charge on any atom is 0.387 e. The van der Waals surface area contributed by atoms with E-state index in [0.29, 0.717) is 12.0 Å². The van der Waals surface area contributed by atoms with Gasteiger partial charge in [-0.2, -0.15) is 8.78 Å². The molecule has 0 fully saturated rings. The lowest BCUT2D eigenvalue weighted by atomic mass is 10.0. The lowest BCUT2D eigenvalue weighted by molar-refractivity contribution is -0.0498. The highest BCUT2D eigenvalue weighted by atomic mass is 19.3. The lowest BCUT2D eigenvalue weighted by Gasteiger charge is -2.06. The molecule has 1 aromatic rings. The van der Waals surface area contributed by atoms with E-state index in [4.69, 9.17) is 0 Å². The number of benzene rings is 1. The highest BCUT2D eigenvalue weighted by Crippen LogP contribution is 2.17. The van der Waals surface area contributed by atoms with Crippen LogP contribution in [0.1, 0.15) is 43.0 Å². The molecule has 0 spiro atoms. The third-order valence-corrected chi connectivity index (χ3v) is 2.39. The second-order valence-electron chi connectivity index (χ2n) is 3.79. The van der Waals surface area contributed by atoms with E-state index in [1.807, 2.05) is 0 Å². The fourth-order valence-corrected chi connectivity index (χ4v) is 1.53. The van der Waals surface area contributed by atoms with Crippen molar-refractivity contribution in [2.24, 2.45) is 0 Å². The quantitative estimate of drug-likeness (QED) is 0.532. The standard InChI is InChI=1S/C13H16F2O2/c1-2-3-4-8-12(16)10-6-5-7-11(9-10)17-13(14)15/h5-7,9,13H,2-4,8H2,1H3. The summed E-state index contributed by atoms with van der Waals surface area (Å²) in [6, 6.07) is 5.94. The molecule has 0 aromatic heterocycles. The predicted molar refractivity (Wildman–Crippen MR) is 61.5 cm³/mol. The van der Waals surface area contributed by atoms with Gasteiger partial charge in [-0.3, -0.25) is 4.79 Å². The van der Waals surface area contributed by atoms with Crippen molar-refractivity contribution >= 4 is 5.78 Å². The summed E-state index contributed by atoms with van der Waals surface area (Å²) < 4.78 is 28.2. The Labute approximate surface area is 99.6 Å². The number of hydrogen-bond donors (Lipinski definition) is 0. The Balaban J connectivity index is 2.60. The molecule has 0 aliphatic rings. The molecule has 2 nitrogen and oxygen atoms in total. The molecule has 4 heteroatoms. The number of carbonyl (C=O) groups excluding carboxylic acids is 1. The van der Waals surface area contributed by atoms with Crippen LogP contribution < -0.4 is 4.74 Å². The highest BCUT2D eigenvalue weighted by Gasteiger charge is 2.09. The van der Waals surface area contributed by atoms with Crippen molar-refractivity contribution in [3.8, 4) is 5.75 Å². The van der Waals surface area contributed by atoms with Crippen molar-refractivity contribution in [1.82, 2.24) is 0 Å². The second kappa shape index (κ2) is 6.99. The van der Waals surface area contributed by atoms with Crippen molar-refractivity contribution in [3.05, 3.63) is 29.8 Å². The summed E-state index contributed by atoms with van der Waals surface area (Å²) in [7, 11) is 0. The van der Waals surface area contributed by atoms with Crippen LogP contribution in [0.2, 0.25) is 0 Å². The summed E-state index contributed by atoms with van der Waals surface area (Å²) in [6.07, 6.45) is 3.32. The molecule has 0 saturated carbocycles. The first-order valence-corrected chi connectivity index (χ1v) is 5.71. The van der Waals surface area contributed by atoms with Gasteiger partial charge >= 0.3 is 6.61 Å². The molecule has 0 radical (unpaired) electrons. The van der Waals surface area contributed by atoms with Crippen molar-refractivity contribution in [2.45, 2.75) is 39.2 Å². The highest BCUT2D eigenvalue weighted by molar-refractivity contribution is 5.96. The smallest absolute Gasteiger partial charge is 0.387 e. The molecule has 0 unspecified atom stereocenters. The van der Waals surface area contributed by atoms with Gasteiger partial charge in [0.05, 0.1) is 0 Å². The summed E-state index contributed by atoms with van der Waals surface area (Å²) in [5, 5.41) is 0. The Bertz CT molecular complexity index is 364. The summed E-state index contributed by atoms with van der Waals surface area (Å²) in [4.78, 5) is 11.7. The Morgan fingerprint density at radius 2 is 2.12 bits per heavy atom. The Morgan fingerprint density at radius 1 is 1.35 bits per heavy atom. The molecule has 0 N–H and O–H groups in total. The van der Waals surface area contributed by atoms with Crippen LogP contribution in [0, 0.1) is 0 Å². The van der Waals surface area contributed by atoms with Gasteiger partial charge in [-0.15, -0.1) is 0 Å². The minimum atomic E-state index is -2.86. The van der Waals surface area contributed by atoms with Gasteiger partial charge in [0, 0.05) is 12.0 Å². The molecular weight excluding hydrogens is 226 g/mol. The van der Waals surface area contributed by atoms with Crippen molar-refractivity contribution in [2.75, 3.05) is 0 Å².